The molecule has 0 bridgehead atoms. The van der Waals surface area contributed by atoms with Crippen molar-refractivity contribution < 1.29 is 9.21 Å². The molecule has 1 aliphatic rings. The van der Waals surface area contributed by atoms with Crippen LogP contribution in [0, 0.1) is 13.8 Å². The molecular weight excluding hydrogens is 414 g/mol. The fourth-order valence-corrected chi connectivity index (χ4v) is 4.24. The Morgan fingerprint density at radius 2 is 2.06 bits per heavy atom. The molecule has 4 rings (SSSR count). The summed E-state index contributed by atoms with van der Waals surface area (Å²) in [6, 6.07) is 7.71. The molecule has 8 heteroatoms. The zero-order chi connectivity index (χ0) is 22.1. The second kappa shape index (κ2) is 8.67. The van der Waals surface area contributed by atoms with Crippen LogP contribution in [0.3, 0.4) is 0 Å². The molecule has 162 valence electrons. The Labute approximate surface area is 187 Å². The number of benzene rings is 1. The van der Waals surface area contributed by atoms with Gasteiger partial charge >= 0.3 is 0 Å². The first-order valence-corrected chi connectivity index (χ1v) is 10.7. The third-order valence-electron chi connectivity index (χ3n) is 5.53. The van der Waals surface area contributed by atoms with Gasteiger partial charge in [-0.05, 0) is 37.5 Å². The molecule has 1 fully saturated rings. The highest BCUT2D eigenvalue weighted by Gasteiger charge is 2.31. The second-order valence-corrected chi connectivity index (χ2v) is 8.55. The zero-order valence-electron chi connectivity index (χ0n) is 18.2. The van der Waals surface area contributed by atoms with Crippen molar-refractivity contribution in [3.05, 3.63) is 58.5 Å². The SMILES string of the molecule is Cc1nc(C)c(C(=O)N2CCC[C@H](c3nc(N(C)C)ncc3-c3cccc(Cl)c3)C2)o1. The van der Waals surface area contributed by atoms with Crippen LogP contribution in [0.15, 0.2) is 34.9 Å². The second-order valence-electron chi connectivity index (χ2n) is 8.11. The number of likely N-dealkylation sites (tertiary alicyclic amines) is 1. The Morgan fingerprint density at radius 1 is 1.26 bits per heavy atom. The summed E-state index contributed by atoms with van der Waals surface area (Å²) in [5.41, 5.74) is 3.47. The Bertz CT molecular complexity index is 1110. The van der Waals surface area contributed by atoms with Crippen molar-refractivity contribution >= 4 is 23.5 Å². The number of hydrogen-bond acceptors (Lipinski definition) is 6. The molecule has 0 unspecified atom stereocenters. The van der Waals surface area contributed by atoms with E-state index in [4.69, 9.17) is 21.0 Å². The maximum atomic E-state index is 13.1. The van der Waals surface area contributed by atoms with Crippen LogP contribution in [0.25, 0.3) is 11.1 Å². The summed E-state index contributed by atoms with van der Waals surface area (Å²) in [4.78, 5) is 30.5. The van der Waals surface area contributed by atoms with E-state index in [0.717, 1.165) is 29.7 Å². The summed E-state index contributed by atoms with van der Waals surface area (Å²) in [6.45, 7) is 4.81. The fourth-order valence-electron chi connectivity index (χ4n) is 4.05. The molecule has 1 aromatic carbocycles. The summed E-state index contributed by atoms with van der Waals surface area (Å²) in [5.74, 6) is 1.44. The lowest BCUT2D eigenvalue weighted by Crippen LogP contribution is -2.39. The van der Waals surface area contributed by atoms with Gasteiger partial charge in [-0.3, -0.25) is 4.79 Å². The van der Waals surface area contributed by atoms with Gasteiger partial charge in [-0.25, -0.2) is 15.0 Å². The van der Waals surface area contributed by atoms with E-state index in [1.807, 2.05) is 54.4 Å². The van der Waals surface area contributed by atoms with Gasteiger partial charge in [0.15, 0.2) is 5.89 Å². The largest absolute Gasteiger partial charge is 0.436 e. The lowest BCUT2D eigenvalue weighted by atomic mass is 9.89. The van der Waals surface area contributed by atoms with E-state index >= 15 is 0 Å². The number of oxazole rings is 1. The van der Waals surface area contributed by atoms with Crippen molar-refractivity contribution in [2.24, 2.45) is 0 Å². The Balaban J connectivity index is 1.69. The number of aromatic nitrogens is 3. The van der Waals surface area contributed by atoms with E-state index < -0.39 is 0 Å². The van der Waals surface area contributed by atoms with Crippen LogP contribution in [-0.2, 0) is 0 Å². The normalized spacial score (nSPS) is 16.4. The Hall–Kier alpha value is -2.93. The van der Waals surface area contributed by atoms with E-state index in [-0.39, 0.29) is 11.8 Å². The minimum atomic E-state index is -0.117. The molecule has 31 heavy (non-hydrogen) atoms. The van der Waals surface area contributed by atoms with Crippen molar-refractivity contribution in [3.63, 3.8) is 0 Å². The summed E-state index contributed by atoms with van der Waals surface area (Å²) in [5, 5.41) is 0.664. The monoisotopic (exact) mass is 439 g/mol. The van der Waals surface area contributed by atoms with Crippen molar-refractivity contribution in [1.82, 2.24) is 19.9 Å². The zero-order valence-corrected chi connectivity index (χ0v) is 19.0. The average Bonchev–Trinajstić information content (AvgIpc) is 3.10. The predicted molar refractivity (Wildman–Crippen MR) is 121 cm³/mol. The first-order chi connectivity index (χ1) is 14.8. The maximum absolute atomic E-state index is 13.1. The van der Waals surface area contributed by atoms with Crippen LogP contribution in [0.4, 0.5) is 5.95 Å². The lowest BCUT2D eigenvalue weighted by Gasteiger charge is -2.33. The van der Waals surface area contributed by atoms with Gasteiger partial charge in [-0.2, -0.15) is 0 Å². The topological polar surface area (TPSA) is 75.4 Å². The molecule has 1 atom stereocenters. The van der Waals surface area contributed by atoms with E-state index in [1.54, 1.807) is 13.8 Å². The van der Waals surface area contributed by atoms with Crippen molar-refractivity contribution in [3.8, 4) is 11.1 Å². The van der Waals surface area contributed by atoms with E-state index in [2.05, 4.69) is 9.97 Å². The van der Waals surface area contributed by atoms with E-state index in [9.17, 15) is 4.79 Å². The van der Waals surface area contributed by atoms with Crippen LogP contribution in [-0.4, -0.2) is 52.9 Å². The first kappa shape index (κ1) is 21.3. The highest BCUT2D eigenvalue weighted by molar-refractivity contribution is 6.30. The molecule has 0 spiro atoms. The fraction of sp³-hybridized carbons (Fsp3) is 0.391. The highest BCUT2D eigenvalue weighted by Crippen LogP contribution is 2.35. The number of piperidine rings is 1. The molecule has 1 aliphatic heterocycles. The molecule has 2 aromatic heterocycles. The molecule has 0 radical (unpaired) electrons. The number of carbonyl (C=O) groups excluding carboxylic acids is 1. The number of aryl methyl sites for hydroxylation is 2. The number of carbonyl (C=O) groups is 1. The summed E-state index contributed by atoms with van der Waals surface area (Å²) < 4.78 is 5.58. The van der Waals surface area contributed by atoms with Gasteiger partial charge in [0, 0.05) is 56.8 Å². The first-order valence-electron chi connectivity index (χ1n) is 10.4. The Kier molecular flexibility index (Phi) is 5.96. The van der Waals surface area contributed by atoms with E-state index in [0.29, 0.717) is 41.4 Å². The number of anilines is 1. The molecule has 1 amide bonds. The number of rotatable bonds is 4. The molecule has 3 heterocycles. The molecule has 0 N–H and O–H groups in total. The van der Waals surface area contributed by atoms with Crippen LogP contribution < -0.4 is 4.90 Å². The van der Waals surface area contributed by atoms with Crippen LogP contribution >= 0.6 is 11.6 Å². The van der Waals surface area contributed by atoms with Crippen molar-refractivity contribution in [1.29, 1.82) is 0 Å². The lowest BCUT2D eigenvalue weighted by molar-refractivity contribution is 0.0671. The van der Waals surface area contributed by atoms with Gasteiger partial charge in [0.2, 0.25) is 11.7 Å². The van der Waals surface area contributed by atoms with E-state index in [1.165, 1.54) is 0 Å². The minimum Gasteiger partial charge on any atom is -0.436 e. The van der Waals surface area contributed by atoms with Gasteiger partial charge in [0.25, 0.3) is 5.91 Å². The van der Waals surface area contributed by atoms with Gasteiger partial charge in [-0.15, -0.1) is 0 Å². The van der Waals surface area contributed by atoms with Crippen LogP contribution in [0.2, 0.25) is 5.02 Å². The summed E-state index contributed by atoms with van der Waals surface area (Å²) in [6.07, 6.45) is 3.68. The average molecular weight is 440 g/mol. The smallest absolute Gasteiger partial charge is 0.291 e. The number of hydrogen-bond donors (Lipinski definition) is 0. The van der Waals surface area contributed by atoms with Gasteiger partial charge in [0.05, 0.1) is 11.4 Å². The predicted octanol–water partition coefficient (Wildman–Crippen LogP) is 4.49. The number of nitrogens with zero attached hydrogens (tertiary/aromatic N) is 5. The molecule has 1 saturated heterocycles. The van der Waals surface area contributed by atoms with Crippen LogP contribution in [0.1, 0.15) is 46.6 Å². The quantitative estimate of drug-likeness (QED) is 0.596. The number of halogens is 1. The van der Waals surface area contributed by atoms with Crippen LogP contribution in [0.5, 0.6) is 0 Å². The standard InChI is InChI=1S/C23H26ClN5O2/c1-14-21(31-15(2)26-14)22(30)29-10-6-8-17(13-29)20-19(12-25-23(27-20)28(3)4)16-7-5-9-18(24)11-16/h5,7,9,11-12,17H,6,8,10,13H2,1-4H3/t17-/m0/s1. The van der Waals surface area contributed by atoms with Crippen molar-refractivity contribution in [2.75, 3.05) is 32.1 Å². The molecule has 0 saturated carbocycles. The van der Waals surface area contributed by atoms with Gasteiger partial charge < -0.3 is 14.2 Å². The number of amides is 1. The maximum Gasteiger partial charge on any atom is 0.291 e. The molecule has 0 aliphatic carbocycles. The van der Waals surface area contributed by atoms with Gasteiger partial charge in [0.1, 0.15) is 0 Å². The molecular formula is C23H26ClN5O2. The summed E-state index contributed by atoms with van der Waals surface area (Å²) >= 11 is 6.25. The highest BCUT2D eigenvalue weighted by atomic mass is 35.5. The molecule has 7 nitrogen and oxygen atoms in total. The summed E-state index contributed by atoms with van der Waals surface area (Å²) in [7, 11) is 3.84. The third kappa shape index (κ3) is 4.42. The molecule has 3 aromatic rings. The minimum absolute atomic E-state index is 0.0812. The third-order valence-corrected chi connectivity index (χ3v) is 5.77. The van der Waals surface area contributed by atoms with Gasteiger partial charge in [-0.1, -0.05) is 23.7 Å². The van der Waals surface area contributed by atoms with Crippen molar-refractivity contribution in [2.45, 2.75) is 32.6 Å². The Morgan fingerprint density at radius 3 is 2.74 bits per heavy atom.